The summed E-state index contributed by atoms with van der Waals surface area (Å²) in [6.07, 6.45) is -4.02. The Kier molecular flexibility index (Phi) is 3.95. The maximum absolute atomic E-state index is 12.9. The van der Waals surface area contributed by atoms with Crippen LogP contribution in [0.3, 0.4) is 0 Å². The quantitative estimate of drug-likeness (QED) is 0.873. The maximum Gasteiger partial charge on any atom is 0.418 e. The van der Waals surface area contributed by atoms with Crippen molar-refractivity contribution in [2.75, 3.05) is 18.4 Å². The second-order valence-electron chi connectivity index (χ2n) is 4.55. The molecule has 7 heteroatoms. The Morgan fingerprint density at radius 3 is 2.75 bits per heavy atom. The molecule has 0 aromatic heterocycles. The van der Waals surface area contributed by atoms with Crippen LogP contribution in [0.2, 0.25) is 0 Å². The van der Waals surface area contributed by atoms with Crippen molar-refractivity contribution < 1.29 is 18.0 Å². The lowest BCUT2D eigenvalue weighted by Crippen LogP contribution is -2.26. The molecule has 1 aromatic rings. The number of carbonyl (C=O) groups excluding carboxylic acids is 1. The molecule has 1 aliphatic heterocycles. The van der Waals surface area contributed by atoms with Gasteiger partial charge >= 0.3 is 6.18 Å². The number of carbonyl (C=O) groups is 1. The summed E-state index contributed by atoms with van der Waals surface area (Å²) in [5.74, 6) is -0.767. The van der Waals surface area contributed by atoms with Gasteiger partial charge in [0, 0.05) is 6.54 Å². The van der Waals surface area contributed by atoms with Crippen molar-refractivity contribution in [2.45, 2.75) is 12.6 Å². The molecule has 1 atom stereocenters. The van der Waals surface area contributed by atoms with Crippen molar-refractivity contribution in [1.29, 1.82) is 5.26 Å². The van der Waals surface area contributed by atoms with E-state index < -0.39 is 17.6 Å². The molecule has 0 aliphatic carbocycles. The number of hydrogen-bond donors (Lipinski definition) is 2. The Labute approximate surface area is 113 Å². The first-order chi connectivity index (χ1) is 9.41. The van der Waals surface area contributed by atoms with Gasteiger partial charge in [-0.15, -0.1) is 0 Å². The number of nitrogens with one attached hydrogen (secondary N) is 2. The van der Waals surface area contributed by atoms with Crippen LogP contribution in [0.4, 0.5) is 18.9 Å². The highest BCUT2D eigenvalue weighted by Crippen LogP contribution is 2.35. The van der Waals surface area contributed by atoms with E-state index in [1.807, 2.05) is 0 Å². The number of halogens is 3. The van der Waals surface area contributed by atoms with Crippen molar-refractivity contribution in [1.82, 2.24) is 5.32 Å². The van der Waals surface area contributed by atoms with Gasteiger partial charge in [0.1, 0.15) is 0 Å². The second kappa shape index (κ2) is 5.51. The lowest BCUT2D eigenvalue weighted by atomic mass is 10.1. The van der Waals surface area contributed by atoms with Crippen LogP contribution in [0.15, 0.2) is 18.2 Å². The summed E-state index contributed by atoms with van der Waals surface area (Å²) in [6.45, 7) is 1.14. The third-order valence-electron chi connectivity index (χ3n) is 3.14. The van der Waals surface area contributed by atoms with Crippen molar-refractivity contribution in [3.8, 4) is 6.07 Å². The number of nitriles is 1. The average Bonchev–Trinajstić information content (AvgIpc) is 2.91. The van der Waals surface area contributed by atoms with Crippen LogP contribution in [-0.4, -0.2) is 19.0 Å². The third-order valence-corrected chi connectivity index (χ3v) is 3.14. The smallest absolute Gasteiger partial charge is 0.325 e. The van der Waals surface area contributed by atoms with E-state index in [-0.39, 0.29) is 17.2 Å². The molecular formula is C13H12F3N3O. The zero-order valence-electron chi connectivity index (χ0n) is 10.4. The summed E-state index contributed by atoms with van der Waals surface area (Å²) in [6, 6.07) is 4.75. The fourth-order valence-electron chi connectivity index (χ4n) is 2.07. The van der Waals surface area contributed by atoms with E-state index in [2.05, 4.69) is 10.6 Å². The lowest BCUT2D eigenvalue weighted by Gasteiger charge is -2.16. The van der Waals surface area contributed by atoms with Gasteiger partial charge in [0.25, 0.3) is 0 Å². The largest absolute Gasteiger partial charge is 0.418 e. The Morgan fingerprint density at radius 2 is 2.20 bits per heavy atom. The second-order valence-corrected chi connectivity index (χ2v) is 4.55. The minimum atomic E-state index is -4.62. The first-order valence-electron chi connectivity index (χ1n) is 6.04. The number of rotatable bonds is 2. The van der Waals surface area contributed by atoms with E-state index in [9.17, 15) is 18.0 Å². The van der Waals surface area contributed by atoms with E-state index in [0.717, 1.165) is 12.1 Å². The predicted octanol–water partition coefficient (Wildman–Crippen LogP) is 2.13. The molecule has 2 rings (SSSR count). The van der Waals surface area contributed by atoms with Crippen LogP contribution in [0.1, 0.15) is 17.5 Å². The molecule has 1 fully saturated rings. The van der Waals surface area contributed by atoms with Gasteiger partial charge in [-0.05, 0) is 31.2 Å². The molecule has 1 aliphatic rings. The highest BCUT2D eigenvalue weighted by molar-refractivity contribution is 5.93. The average molecular weight is 283 g/mol. The van der Waals surface area contributed by atoms with Gasteiger partial charge in [-0.3, -0.25) is 4.79 Å². The highest BCUT2D eigenvalue weighted by atomic mass is 19.4. The molecule has 4 nitrogen and oxygen atoms in total. The van der Waals surface area contributed by atoms with Crippen LogP contribution in [0.25, 0.3) is 0 Å². The summed E-state index contributed by atoms with van der Waals surface area (Å²) >= 11 is 0. The summed E-state index contributed by atoms with van der Waals surface area (Å²) in [7, 11) is 0. The van der Waals surface area contributed by atoms with Gasteiger partial charge in [-0.1, -0.05) is 0 Å². The molecule has 106 valence electrons. The molecule has 0 saturated carbocycles. The SMILES string of the molecule is N#Cc1ccc(NC(=O)C2CCNC2)c(C(F)(F)F)c1. The number of alkyl halides is 3. The predicted molar refractivity (Wildman–Crippen MR) is 65.8 cm³/mol. The fourth-order valence-corrected chi connectivity index (χ4v) is 2.07. The van der Waals surface area contributed by atoms with Gasteiger partial charge in [-0.25, -0.2) is 0 Å². The van der Waals surface area contributed by atoms with Crippen molar-refractivity contribution in [3.05, 3.63) is 29.3 Å². The van der Waals surface area contributed by atoms with Crippen LogP contribution in [0, 0.1) is 17.2 Å². The minimum Gasteiger partial charge on any atom is -0.325 e. The zero-order valence-corrected chi connectivity index (χ0v) is 10.4. The van der Waals surface area contributed by atoms with E-state index in [1.54, 1.807) is 6.07 Å². The van der Waals surface area contributed by atoms with Gasteiger partial charge in [-0.2, -0.15) is 18.4 Å². The normalized spacial score (nSPS) is 18.6. The van der Waals surface area contributed by atoms with E-state index in [0.29, 0.717) is 19.5 Å². The highest BCUT2D eigenvalue weighted by Gasteiger charge is 2.35. The first-order valence-corrected chi connectivity index (χ1v) is 6.04. The summed E-state index contributed by atoms with van der Waals surface area (Å²) < 4.78 is 38.8. The van der Waals surface area contributed by atoms with Crippen molar-refractivity contribution in [3.63, 3.8) is 0 Å². The van der Waals surface area contributed by atoms with E-state index in [1.165, 1.54) is 6.07 Å². The molecule has 1 aromatic carbocycles. The van der Waals surface area contributed by atoms with Gasteiger partial charge in [0.2, 0.25) is 5.91 Å². The molecule has 0 bridgehead atoms. The Bertz CT molecular complexity index is 557. The molecule has 1 saturated heterocycles. The van der Waals surface area contributed by atoms with Crippen LogP contribution in [-0.2, 0) is 11.0 Å². The lowest BCUT2D eigenvalue weighted by molar-refractivity contribution is -0.137. The molecular weight excluding hydrogens is 271 g/mol. The molecule has 1 amide bonds. The van der Waals surface area contributed by atoms with Crippen LogP contribution < -0.4 is 10.6 Å². The molecule has 1 heterocycles. The maximum atomic E-state index is 12.9. The van der Waals surface area contributed by atoms with Crippen molar-refractivity contribution in [2.24, 2.45) is 5.92 Å². The molecule has 0 spiro atoms. The standard InChI is InChI=1S/C13H12F3N3O/c14-13(15,16)10-5-8(6-17)1-2-11(10)19-12(20)9-3-4-18-7-9/h1-2,5,9,18H,3-4,7H2,(H,19,20). The van der Waals surface area contributed by atoms with E-state index >= 15 is 0 Å². The molecule has 2 N–H and O–H groups in total. The Hall–Kier alpha value is -2.07. The number of benzene rings is 1. The summed E-state index contributed by atoms with van der Waals surface area (Å²) in [5, 5.41) is 13.9. The minimum absolute atomic E-state index is 0.0992. The number of nitrogens with zero attached hydrogens (tertiary/aromatic N) is 1. The van der Waals surface area contributed by atoms with Gasteiger partial charge < -0.3 is 10.6 Å². The fraction of sp³-hybridized carbons (Fsp3) is 0.385. The number of hydrogen-bond acceptors (Lipinski definition) is 3. The van der Waals surface area contributed by atoms with E-state index in [4.69, 9.17) is 5.26 Å². The topological polar surface area (TPSA) is 64.9 Å². The monoisotopic (exact) mass is 283 g/mol. The van der Waals surface area contributed by atoms with Crippen LogP contribution in [0.5, 0.6) is 0 Å². The summed E-state index contributed by atoms with van der Waals surface area (Å²) in [5.41, 5.74) is -1.41. The zero-order chi connectivity index (χ0) is 14.8. The van der Waals surface area contributed by atoms with Crippen molar-refractivity contribution >= 4 is 11.6 Å². The first kappa shape index (κ1) is 14.3. The Morgan fingerprint density at radius 1 is 1.45 bits per heavy atom. The molecule has 1 unspecified atom stereocenters. The Balaban J connectivity index is 2.27. The molecule has 20 heavy (non-hydrogen) atoms. The van der Waals surface area contributed by atoms with Gasteiger partial charge in [0.15, 0.2) is 0 Å². The number of amides is 1. The van der Waals surface area contributed by atoms with Gasteiger partial charge in [0.05, 0.1) is 28.8 Å². The number of anilines is 1. The summed E-state index contributed by atoms with van der Waals surface area (Å²) in [4.78, 5) is 11.9. The third kappa shape index (κ3) is 3.08. The van der Waals surface area contributed by atoms with Crippen LogP contribution >= 0.6 is 0 Å². The molecule has 0 radical (unpaired) electrons.